The molecule has 1 heteroatoms. The molecule has 0 aromatic heterocycles. The van der Waals surface area contributed by atoms with E-state index < -0.39 is 6.10 Å². The van der Waals surface area contributed by atoms with E-state index in [4.69, 9.17) is 0 Å². The molecule has 2 aromatic carbocycles. The second kappa shape index (κ2) is 8.13. The van der Waals surface area contributed by atoms with Crippen molar-refractivity contribution in [3.8, 4) is 0 Å². The molecule has 1 aliphatic rings. The lowest BCUT2D eigenvalue weighted by atomic mass is 9.87. The van der Waals surface area contributed by atoms with Gasteiger partial charge in [0.25, 0.3) is 0 Å². The third-order valence-electron chi connectivity index (χ3n) is 4.86. The first-order valence-corrected chi connectivity index (χ1v) is 9.01. The molecule has 0 heterocycles. The predicted octanol–water partition coefficient (Wildman–Crippen LogP) is 5.77. The summed E-state index contributed by atoms with van der Waals surface area (Å²) >= 11 is 0. The van der Waals surface area contributed by atoms with Crippen LogP contribution in [0, 0.1) is 0 Å². The molecule has 25 heavy (non-hydrogen) atoms. The first kappa shape index (κ1) is 17.4. The molecule has 0 spiro atoms. The zero-order valence-electron chi connectivity index (χ0n) is 15.0. The summed E-state index contributed by atoms with van der Waals surface area (Å²) in [6, 6.07) is 21.0. The van der Waals surface area contributed by atoms with Gasteiger partial charge in [0, 0.05) is 0 Å². The van der Waals surface area contributed by atoms with Gasteiger partial charge in [-0.25, -0.2) is 0 Å². The van der Waals surface area contributed by atoms with Crippen LogP contribution in [0.1, 0.15) is 43.2 Å². The number of allylic oxidation sites excluding steroid dienone is 4. The number of hydrogen-bond donors (Lipinski definition) is 1. The monoisotopic (exact) mass is 330 g/mol. The quantitative estimate of drug-likeness (QED) is 0.706. The minimum Gasteiger partial charge on any atom is -0.385 e. The van der Waals surface area contributed by atoms with Gasteiger partial charge in [0.2, 0.25) is 0 Å². The smallest absolute Gasteiger partial charge is 0.0938 e. The van der Waals surface area contributed by atoms with Gasteiger partial charge < -0.3 is 5.11 Å². The maximum absolute atomic E-state index is 10.4. The van der Waals surface area contributed by atoms with Gasteiger partial charge in [-0.15, -0.1) is 0 Å². The van der Waals surface area contributed by atoms with Crippen LogP contribution in [0.2, 0.25) is 0 Å². The van der Waals surface area contributed by atoms with Crippen LogP contribution in [-0.4, -0.2) is 11.2 Å². The SMILES string of the molecule is CC(C=C1C=CC(O)C(=CC(C)c2ccccc2)C1)c1ccccc1. The van der Waals surface area contributed by atoms with Gasteiger partial charge in [0.1, 0.15) is 0 Å². The molecule has 1 N–H and O–H groups in total. The first-order chi connectivity index (χ1) is 12.1. The molecule has 0 bridgehead atoms. The summed E-state index contributed by atoms with van der Waals surface area (Å²) in [6.45, 7) is 4.40. The molecule has 0 fully saturated rings. The van der Waals surface area contributed by atoms with Gasteiger partial charge >= 0.3 is 0 Å². The Bertz CT molecular complexity index is 768. The van der Waals surface area contributed by atoms with Crippen LogP contribution >= 0.6 is 0 Å². The largest absolute Gasteiger partial charge is 0.385 e. The minimum atomic E-state index is -0.477. The second-order valence-electron chi connectivity index (χ2n) is 6.86. The third-order valence-corrected chi connectivity index (χ3v) is 4.86. The van der Waals surface area contributed by atoms with Crippen molar-refractivity contribution in [2.75, 3.05) is 0 Å². The summed E-state index contributed by atoms with van der Waals surface area (Å²) in [4.78, 5) is 0. The molecule has 3 atom stereocenters. The summed E-state index contributed by atoms with van der Waals surface area (Å²) in [7, 11) is 0. The molecule has 0 amide bonds. The van der Waals surface area contributed by atoms with Gasteiger partial charge in [-0.1, -0.05) is 98.8 Å². The van der Waals surface area contributed by atoms with Crippen molar-refractivity contribution in [1.82, 2.24) is 0 Å². The third kappa shape index (κ3) is 4.58. The minimum absolute atomic E-state index is 0.296. The van der Waals surface area contributed by atoms with Crippen LogP contribution in [0.4, 0.5) is 0 Å². The van der Waals surface area contributed by atoms with E-state index in [1.54, 1.807) is 0 Å². The number of aliphatic hydroxyl groups is 1. The summed E-state index contributed by atoms with van der Waals surface area (Å²) in [5.74, 6) is 0.661. The van der Waals surface area contributed by atoms with Crippen LogP contribution < -0.4 is 0 Å². The van der Waals surface area contributed by atoms with E-state index in [1.165, 1.54) is 16.7 Å². The Morgan fingerprint density at radius 3 is 1.92 bits per heavy atom. The van der Waals surface area contributed by atoms with Gasteiger partial charge in [-0.3, -0.25) is 0 Å². The van der Waals surface area contributed by atoms with E-state index in [2.05, 4.69) is 80.6 Å². The summed E-state index contributed by atoms with van der Waals surface area (Å²) in [5.41, 5.74) is 4.95. The van der Waals surface area contributed by atoms with E-state index in [0.717, 1.165) is 12.0 Å². The van der Waals surface area contributed by atoms with Crippen molar-refractivity contribution in [2.24, 2.45) is 0 Å². The first-order valence-electron chi connectivity index (χ1n) is 9.01. The van der Waals surface area contributed by atoms with Crippen molar-refractivity contribution in [1.29, 1.82) is 0 Å². The van der Waals surface area contributed by atoms with Crippen LogP contribution in [0.15, 0.2) is 96.1 Å². The van der Waals surface area contributed by atoms with Gasteiger partial charge in [-0.05, 0) is 40.5 Å². The van der Waals surface area contributed by atoms with Crippen molar-refractivity contribution in [2.45, 2.75) is 38.2 Å². The lowest BCUT2D eigenvalue weighted by Gasteiger charge is -2.21. The number of benzene rings is 2. The standard InChI is InChI=1S/C24H26O/c1-18(21-9-5-3-6-10-21)15-20-13-14-24(25)23(17-20)16-19(2)22-11-7-4-8-12-22/h3-16,18-19,24-25H,17H2,1-2H3. The highest BCUT2D eigenvalue weighted by Crippen LogP contribution is 2.29. The van der Waals surface area contributed by atoms with Crippen molar-refractivity contribution < 1.29 is 5.11 Å². The average molecular weight is 330 g/mol. The van der Waals surface area contributed by atoms with E-state index in [-0.39, 0.29) is 0 Å². The van der Waals surface area contributed by atoms with Gasteiger partial charge in [0.15, 0.2) is 0 Å². The Balaban J connectivity index is 1.78. The van der Waals surface area contributed by atoms with Crippen LogP contribution in [0.25, 0.3) is 0 Å². The summed E-state index contributed by atoms with van der Waals surface area (Å²) in [5, 5.41) is 10.4. The lowest BCUT2D eigenvalue weighted by molar-refractivity contribution is 0.253. The fourth-order valence-corrected chi connectivity index (χ4v) is 3.36. The van der Waals surface area contributed by atoms with Crippen molar-refractivity contribution in [3.63, 3.8) is 0 Å². The highest BCUT2D eigenvalue weighted by atomic mass is 16.3. The molecule has 128 valence electrons. The van der Waals surface area contributed by atoms with Crippen LogP contribution in [0.3, 0.4) is 0 Å². The Morgan fingerprint density at radius 2 is 1.36 bits per heavy atom. The molecular formula is C24H26O. The Morgan fingerprint density at radius 1 is 0.840 bits per heavy atom. The number of hydrogen-bond acceptors (Lipinski definition) is 1. The Labute approximate surface area is 151 Å². The fraction of sp³-hybridized carbons (Fsp3) is 0.250. The van der Waals surface area contributed by atoms with E-state index in [1.807, 2.05) is 18.2 Å². The zero-order chi connectivity index (χ0) is 17.6. The van der Waals surface area contributed by atoms with Gasteiger partial charge in [-0.2, -0.15) is 0 Å². The summed E-state index contributed by atoms with van der Waals surface area (Å²) < 4.78 is 0. The van der Waals surface area contributed by atoms with Crippen molar-refractivity contribution in [3.05, 3.63) is 107 Å². The fourth-order valence-electron chi connectivity index (χ4n) is 3.36. The highest BCUT2D eigenvalue weighted by Gasteiger charge is 2.16. The molecule has 0 saturated carbocycles. The molecular weight excluding hydrogens is 304 g/mol. The molecule has 1 nitrogen and oxygen atoms in total. The Kier molecular flexibility index (Phi) is 5.67. The highest BCUT2D eigenvalue weighted by molar-refractivity contribution is 5.39. The van der Waals surface area contributed by atoms with E-state index >= 15 is 0 Å². The Hall–Kier alpha value is -2.38. The number of aliphatic hydroxyl groups excluding tert-OH is 1. The lowest BCUT2D eigenvalue weighted by Crippen LogP contribution is -2.13. The van der Waals surface area contributed by atoms with Crippen LogP contribution in [0.5, 0.6) is 0 Å². The zero-order valence-corrected chi connectivity index (χ0v) is 15.0. The van der Waals surface area contributed by atoms with Crippen LogP contribution in [-0.2, 0) is 0 Å². The number of rotatable bonds is 4. The second-order valence-corrected chi connectivity index (χ2v) is 6.86. The summed E-state index contributed by atoms with van der Waals surface area (Å²) in [6.07, 6.45) is 8.82. The molecule has 0 radical (unpaired) electrons. The average Bonchev–Trinajstić information content (AvgIpc) is 2.66. The molecule has 2 aromatic rings. The predicted molar refractivity (Wildman–Crippen MR) is 106 cm³/mol. The maximum Gasteiger partial charge on any atom is 0.0938 e. The van der Waals surface area contributed by atoms with Gasteiger partial charge in [0.05, 0.1) is 6.10 Å². The molecule has 0 saturated heterocycles. The normalized spacial score (nSPS) is 22.9. The van der Waals surface area contributed by atoms with E-state index in [9.17, 15) is 5.11 Å². The van der Waals surface area contributed by atoms with Crippen molar-refractivity contribution >= 4 is 0 Å². The molecule has 3 rings (SSSR count). The molecule has 3 unspecified atom stereocenters. The molecule has 0 aliphatic heterocycles. The molecule has 1 aliphatic carbocycles. The van der Waals surface area contributed by atoms with E-state index in [0.29, 0.717) is 11.8 Å². The topological polar surface area (TPSA) is 20.2 Å². The maximum atomic E-state index is 10.4.